The number of benzene rings is 3. The second-order valence-electron chi connectivity index (χ2n) is 7.08. The van der Waals surface area contributed by atoms with Gasteiger partial charge >= 0.3 is 0 Å². The van der Waals surface area contributed by atoms with E-state index in [4.69, 9.17) is 14.1 Å². The SMILES string of the molecule is COc1ccc(-c2cc(-c3nnc(-c4ccc(C)cc4)o3)c3ccccc3n2)cc1. The van der Waals surface area contributed by atoms with E-state index in [2.05, 4.69) is 10.2 Å². The van der Waals surface area contributed by atoms with Crippen LogP contribution in [0, 0.1) is 6.92 Å². The van der Waals surface area contributed by atoms with Crippen molar-refractivity contribution in [1.29, 1.82) is 0 Å². The van der Waals surface area contributed by atoms with Gasteiger partial charge in [-0.1, -0.05) is 35.9 Å². The topological polar surface area (TPSA) is 61.0 Å². The fourth-order valence-corrected chi connectivity index (χ4v) is 3.41. The molecule has 146 valence electrons. The number of aryl methyl sites for hydroxylation is 1. The van der Waals surface area contributed by atoms with Crippen LogP contribution in [-0.4, -0.2) is 22.3 Å². The Kier molecular flexibility index (Phi) is 4.48. The molecule has 0 saturated heterocycles. The summed E-state index contributed by atoms with van der Waals surface area (Å²) in [5.74, 6) is 1.77. The van der Waals surface area contributed by atoms with E-state index in [0.29, 0.717) is 11.8 Å². The number of pyridine rings is 1. The maximum Gasteiger partial charge on any atom is 0.248 e. The van der Waals surface area contributed by atoms with Gasteiger partial charge in [0.15, 0.2) is 0 Å². The quantitative estimate of drug-likeness (QED) is 0.378. The van der Waals surface area contributed by atoms with Crippen molar-refractivity contribution >= 4 is 10.9 Å². The average Bonchev–Trinajstić information content (AvgIpc) is 3.29. The van der Waals surface area contributed by atoms with Gasteiger partial charge in [0, 0.05) is 16.5 Å². The number of para-hydroxylation sites is 1. The molecule has 0 aliphatic carbocycles. The van der Waals surface area contributed by atoms with Gasteiger partial charge in [0.05, 0.1) is 23.9 Å². The van der Waals surface area contributed by atoms with Crippen LogP contribution < -0.4 is 4.74 Å². The molecule has 0 unspecified atom stereocenters. The molecule has 5 nitrogen and oxygen atoms in total. The van der Waals surface area contributed by atoms with Gasteiger partial charge in [-0.2, -0.15) is 0 Å². The van der Waals surface area contributed by atoms with Crippen molar-refractivity contribution in [2.45, 2.75) is 6.92 Å². The smallest absolute Gasteiger partial charge is 0.248 e. The maximum absolute atomic E-state index is 6.06. The van der Waals surface area contributed by atoms with Gasteiger partial charge in [-0.25, -0.2) is 4.98 Å². The maximum atomic E-state index is 6.06. The van der Waals surface area contributed by atoms with Crippen LogP contribution in [0.25, 0.3) is 45.1 Å². The molecule has 0 bridgehead atoms. The van der Waals surface area contributed by atoms with Crippen molar-refractivity contribution in [1.82, 2.24) is 15.2 Å². The zero-order valence-corrected chi connectivity index (χ0v) is 16.7. The fraction of sp³-hybridized carbons (Fsp3) is 0.0800. The molecule has 2 aromatic heterocycles. The minimum Gasteiger partial charge on any atom is -0.497 e. The van der Waals surface area contributed by atoms with E-state index in [0.717, 1.165) is 39.0 Å². The molecule has 5 aromatic rings. The monoisotopic (exact) mass is 393 g/mol. The second kappa shape index (κ2) is 7.44. The highest BCUT2D eigenvalue weighted by Gasteiger charge is 2.16. The van der Waals surface area contributed by atoms with E-state index in [-0.39, 0.29) is 0 Å². The highest BCUT2D eigenvalue weighted by molar-refractivity contribution is 5.94. The lowest BCUT2D eigenvalue weighted by atomic mass is 10.0. The summed E-state index contributed by atoms with van der Waals surface area (Å²) in [6.45, 7) is 2.05. The molecule has 30 heavy (non-hydrogen) atoms. The van der Waals surface area contributed by atoms with E-state index in [1.54, 1.807) is 7.11 Å². The van der Waals surface area contributed by atoms with Crippen LogP contribution in [-0.2, 0) is 0 Å². The third kappa shape index (κ3) is 3.31. The largest absolute Gasteiger partial charge is 0.497 e. The van der Waals surface area contributed by atoms with Gasteiger partial charge in [0.2, 0.25) is 11.8 Å². The van der Waals surface area contributed by atoms with Crippen molar-refractivity contribution < 1.29 is 9.15 Å². The molecule has 3 aromatic carbocycles. The van der Waals surface area contributed by atoms with Gasteiger partial charge in [0.25, 0.3) is 0 Å². The Labute approximate surface area is 174 Å². The Bertz CT molecular complexity index is 1320. The Balaban J connectivity index is 1.64. The van der Waals surface area contributed by atoms with Crippen LogP contribution in [0.15, 0.2) is 83.3 Å². The van der Waals surface area contributed by atoms with E-state index in [1.165, 1.54) is 5.56 Å². The number of methoxy groups -OCH3 is 1. The van der Waals surface area contributed by atoms with Crippen molar-refractivity contribution in [3.8, 4) is 39.9 Å². The number of fused-ring (bicyclic) bond motifs is 1. The van der Waals surface area contributed by atoms with Gasteiger partial charge < -0.3 is 9.15 Å². The van der Waals surface area contributed by atoms with Crippen molar-refractivity contribution in [2.75, 3.05) is 7.11 Å². The third-order valence-electron chi connectivity index (χ3n) is 5.06. The molecule has 0 saturated carbocycles. The summed E-state index contributed by atoms with van der Waals surface area (Å²) in [5, 5.41) is 9.57. The first-order chi connectivity index (χ1) is 14.7. The van der Waals surface area contributed by atoms with Crippen LogP contribution in [0.4, 0.5) is 0 Å². The first-order valence-electron chi connectivity index (χ1n) is 9.66. The molecule has 0 spiro atoms. The van der Waals surface area contributed by atoms with E-state index >= 15 is 0 Å². The lowest BCUT2D eigenvalue weighted by molar-refractivity contribution is 0.415. The van der Waals surface area contributed by atoms with Crippen molar-refractivity contribution in [2.24, 2.45) is 0 Å². The first-order valence-corrected chi connectivity index (χ1v) is 9.66. The molecule has 2 heterocycles. The van der Waals surface area contributed by atoms with E-state index < -0.39 is 0 Å². The zero-order chi connectivity index (χ0) is 20.5. The summed E-state index contributed by atoms with van der Waals surface area (Å²) in [6.07, 6.45) is 0. The molecule has 5 heteroatoms. The number of nitrogens with zero attached hydrogens (tertiary/aromatic N) is 3. The summed E-state index contributed by atoms with van der Waals surface area (Å²) in [5.41, 5.74) is 5.63. The molecular weight excluding hydrogens is 374 g/mol. The predicted octanol–water partition coefficient (Wildman–Crippen LogP) is 5.94. The van der Waals surface area contributed by atoms with E-state index in [9.17, 15) is 0 Å². The van der Waals surface area contributed by atoms with Crippen LogP contribution in [0.3, 0.4) is 0 Å². The number of aromatic nitrogens is 3. The molecular formula is C25H19N3O2. The van der Waals surface area contributed by atoms with E-state index in [1.807, 2.05) is 85.8 Å². The highest BCUT2D eigenvalue weighted by atomic mass is 16.5. The lowest BCUT2D eigenvalue weighted by Gasteiger charge is -2.08. The molecule has 0 N–H and O–H groups in total. The molecule has 0 amide bonds. The fourth-order valence-electron chi connectivity index (χ4n) is 3.41. The molecule has 0 aliphatic rings. The molecule has 0 radical (unpaired) electrons. The summed E-state index contributed by atoms with van der Waals surface area (Å²) >= 11 is 0. The Morgan fingerprint density at radius 3 is 2.23 bits per heavy atom. The normalized spacial score (nSPS) is 11.0. The van der Waals surface area contributed by atoms with Crippen molar-refractivity contribution in [3.63, 3.8) is 0 Å². The zero-order valence-electron chi connectivity index (χ0n) is 16.7. The van der Waals surface area contributed by atoms with Gasteiger partial charge in [0.1, 0.15) is 5.75 Å². The first kappa shape index (κ1) is 18.1. The summed E-state index contributed by atoms with van der Waals surface area (Å²) < 4.78 is 11.3. The van der Waals surface area contributed by atoms with Crippen molar-refractivity contribution in [3.05, 3.63) is 84.4 Å². The Hall–Kier alpha value is -3.99. The van der Waals surface area contributed by atoms with Crippen LogP contribution in [0.5, 0.6) is 5.75 Å². The Morgan fingerprint density at radius 2 is 1.47 bits per heavy atom. The molecule has 0 fully saturated rings. The third-order valence-corrected chi connectivity index (χ3v) is 5.06. The summed E-state index contributed by atoms with van der Waals surface area (Å²) in [6, 6.07) is 25.8. The van der Waals surface area contributed by atoms with Gasteiger partial charge in [-0.15, -0.1) is 10.2 Å². The summed E-state index contributed by atoms with van der Waals surface area (Å²) in [4.78, 5) is 4.83. The average molecular weight is 393 g/mol. The minimum atomic E-state index is 0.471. The molecule has 0 aliphatic heterocycles. The number of ether oxygens (including phenoxy) is 1. The lowest BCUT2D eigenvalue weighted by Crippen LogP contribution is -1.90. The second-order valence-corrected chi connectivity index (χ2v) is 7.08. The van der Waals surface area contributed by atoms with Crippen LogP contribution in [0.1, 0.15) is 5.56 Å². The van der Waals surface area contributed by atoms with Gasteiger partial charge in [-0.05, 0) is 55.5 Å². The summed E-state index contributed by atoms with van der Waals surface area (Å²) in [7, 11) is 1.66. The predicted molar refractivity (Wildman–Crippen MR) is 117 cm³/mol. The number of hydrogen-bond donors (Lipinski definition) is 0. The highest BCUT2D eigenvalue weighted by Crippen LogP contribution is 2.33. The standard InChI is InChI=1S/C25H19N3O2/c1-16-7-9-18(10-8-16)24-27-28-25(30-24)21-15-23(17-11-13-19(29-2)14-12-17)26-22-6-4-3-5-20(21)22/h3-15H,1-2H3. The Morgan fingerprint density at radius 1 is 0.767 bits per heavy atom. The number of rotatable bonds is 4. The molecule has 5 rings (SSSR count). The van der Waals surface area contributed by atoms with Crippen LogP contribution >= 0.6 is 0 Å². The van der Waals surface area contributed by atoms with Gasteiger partial charge in [-0.3, -0.25) is 0 Å². The molecule has 0 atom stereocenters. The van der Waals surface area contributed by atoms with Crippen LogP contribution in [0.2, 0.25) is 0 Å². The minimum absolute atomic E-state index is 0.471. The number of hydrogen-bond acceptors (Lipinski definition) is 5.